The fourth-order valence-corrected chi connectivity index (χ4v) is 0.806. The molecule has 2 atom stereocenters. The quantitative estimate of drug-likeness (QED) is 0.394. The van der Waals surface area contributed by atoms with Crippen molar-refractivity contribution in [1.29, 1.82) is 0 Å². The van der Waals surface area contributed by atoms with Crippen molar-refractivity contribution >= 4 is 5.97 Å². The summed E-state index contributed by atoms with van der Waals surface area (Å²) >= 11 is 0. The molecule has 0 radical (unpaired) electrons. The van der Waals surface area contributed by atoms with Crippen LogP contribution in [0.1, 0.15) is 0 Å². The van der Waals surface area contributed by atoms with E-state index < -0.39 is 17.7 Å². The van der Waals surface area contributed by atoms with Gasteiger partial charge in [-0.05, 0) is 6.08 Å². The molecule has 1 aliphatic rings. The Morgan fingerprint density at radius 2 is 2.08 bits per heavy atom. The van der Waals surface area contributed by atoms with E-state index in [-0.39, 0.29) is 29.6 Å². The minimum absolute atomic E-state index is 0. The summed E-state index contributed by atoms with van der Waals surface area (Å²) in [7, 11) is 0. The van der Waals surface area contributed by atoms with Gasteiger partial charge < -0.3 is 20.1 Å². The standard InChI is InChI=1S/C7H8O4.Na/c8-5-3-1-2-4-7(5,11)6(9)10;/h1-5,8,11H,(H,9,10);/q;+1/p-1/t5-,7+;/m1./s1. The molecule has 0 heterocycles. The van der Waals surface area contributed by atoms with Crippen molar-refractivity contribution in [3.8, 4) is 0 Å². The number of rotatable bonds is 1. The Bertz CT molecular complexity index is 236. The Balaban J connectivity index is 0.00000121. The molecule has 0 aliphatic heterocycles. The van der Waals surface area contributed by atoms with Crippen LogP contribution in [0, 0.1) is 0 Å². The molecule has 0 fully saturated rings. The molecule has 0 aromatic heterocycles. The van der Waals surface area contributed by atoms with Gasteiger partial charge in [0.25, 0.3) is 0 Å². The molecule has 4 nitrogen and oxygen atoms in total. The van der Waals surface area contributed by atoms with Gasteiger partial charge in [0.15, 0.2) is 5.60 Å². The molecule has 0 spiro atoms. The van der Waals surface area contributed by atoms with Crippen LogP contribution in [0.4, 0.5) is 0 Å². The number of hydrogen-bond donors (Lipinski definition) is 2. The van der Waals surface area contributed by atoms with Crippen molar-refractivity contribution in [2.75, 3.05) is 0 Å². The SMILES string of the molecule is O=C([O-])[C@]1(O)C=CC=C[C@H]1O.[Na+]. The van der Waals surface area contributed by atoms with Crippen molar-refractivity contribution < 1.29 is 49.7 Å². The second-order valence-electron chi connectivity index (χ2n) is 2.30. The average Bonchev–Trinajstić information content (AvgIpc) is 1.95. The number of carboxylic acids is 1. The van der Waals surface area contributed by atoms with Crippen LogP contribution < -0.4 is 34.7 Å². The minimum Gasteiger partial charge on any atom is -0.547 e. The molecular weight excluding hydrogens is 171 g/mol. The maximum Gasteiger partial charge on any atom is 1.00 e. The van der Waals surface area contributed by atoms with Crippen molar-refractivity contribution in [2.24, 2.45) is 0 Å². The summed E-state index contributed by atoms with van der Waals surface area (Å²) in [5.74, 6) is -1.70. The van der Waals surface area contributed by atoms with Gasteiger partial charge in [-0.3, -0.25) is 0 Å². The fraction of sp³-hybridized carbons (Fsp3) is 0.286. The van der Waals surface area contributed by atoms with Gasteiger partial charge in [-0.1, -0.05) is 18.2 Å². The zero-order chi connectivity index (χ0) is 8.48. The van der Waals surface area contributed by atoms with E-state index in [4.69, 9.17) is 10.2 Å². The van der Waals surface area contributed by atoms with Crippen LogP contribution in [0.5, 0.6) is 0 Å². The van der Waals surface area contributed by atoms with E-state index in [1.165, 1.54) is 18.2 Å². The van der Waals surface area contributed by atoms with Crippen molar-refractivity contribution in [3.63, 3.8) is 0 Å². The van der Waals surface area contributed by atoms with E-state index in [2.05, 4.69) is 0 Å². The summed E-state index contributed by atoms with van der Waals surface area (Å²) in [4.78, 5) is 10.3. The summed E-state index contributed by atoms with van der Waals surface area (Å²) in [6.45, 7) is 0. The molecular formula is C7H7NaO4. The summed E-state index contributed by atoms with van der Waals surface area (Å²) in [5.41, 5.74) is -2.27. The van der Waals surface area contributed by atoms with E-state index in [0.717, 1.165) is 6.08 Å². The zero-order valence-corrected chi connectivity index (χ0v) is 8.60. The predicted octanol–water partition coefficient (Wildman–Crippen LogP) is -5.04. The van der Waals surface area contributed by atoms with Crippen molar-refractivity contribution in [3.05, 3.63) is 24.3 Å². The van der Waals surface area contributed by atoms with Crippen LogP contribution in [0.2, 0.25) is 0 Å². The second-order valence-corrected chi connectivity index (χ2v) is 2.30. The first-order chi connectivity index (χ1) is 5.07. The molecule has 0 amide bonds. The maximum absolute atomic E-state index is 10.3. The van der Waals surface area contributed by atoms with Gasteiger partial charge in [-0.15, -0.1) is 0 Å². The number of aliphatic carboxylic acids is 1. The van der Waals surface area contributed by atoms with Gasteiger partial charge in [0, 0.05) is 0 Å². The molecule has 0 saturated carbocycles. The summed E-state index contributed by atoms with van der Waals surface area (Å²) < 4.78 is 0. The van der Waals surface area contributed by atoms with Gasteiger partial charge in [0.05, 0.1) is 5.97 Å². The molecule has 0 aromatic rings. The third-order valence-electron chi connectivity index (χ3n) is 1.53. The summed E-state index contributed by atoms with van der Waals surface area (Å²) in [6, 6.07) is 0. The first kappa shape index (κ1) is 11.9. The third-order valence-corrected chi connectivity index (χ3v) is 1.53. The Kier molecular flexibility index (Phi) is 4.16. The van der Waals surface area contributed by atoms with Gasteiger partial charge in [-0.25, -0.2) is 0 Å². The van der Waals surface area contributed by atoms with E-state index in [9.17, 15) is 9.90 Å². The van der Waals surface area contributed by atoms with Crippen LogP contribution in [0.15, 0.2) is 24.3 Å². The number of carbonyl (C=O) groups is 1. The third kappa shape index (κ3) is 1.97. The van der Waals surface area contributed by atoms with E-state index >= 15 is 0 Å². The molecule has 60 valence electrons. The summed E-state index contributed by atoms with van der Waals surface area (Å²) in [5, 5.41) is 28.4. The Hall–Kier alpha value is -0.130. The predicted molar refractivity (Wildman–Crippen MR) is 34.2 cm³/mol. The van der Waals surface area contributed by atoms with Crippen LogP contribution in [0.25, 0.3) is 0 Å². The summed E-state index contributed by atoms with van der Waals surface area (Å²) in [6.07, 6.45) is 3.51. The molecule has 1 rings (SSSR count). The molecule has 0 unspecified atom stereocenters. The first-order valence-electron chi connectivity index (χ1n) is 3.05. The number of carbonyl (C=O) groups excluding carboxylic acids is 1. The Morgan fingerprint density at radius 3 is 2.42 bits per heavy atom. The molecule has 0 bridgehead atoms. The normalized spacial score (nSPS) is 32.7. The van der Waals surface area contributed by atoms with Crippen LogP contribution in [-0.2, 0) is 4.79 Å². The number of hydrogen-bond acceptors (Lipinski definition) is 4. The smallest absolute Gasteiger partial charge is 0.547 e. The number of aliphatic hydroxyl groups is 2. The molecule has 2 N–H and O–H groups in total. The second kappa shape index (κ2) is 4.20. The largest absolute Gasteiger partial charge is 1.00 e. The molecule has 5 heteroatoms. The average molecular weight is 178 g/mol. The number of aliphatic hydroxyl groups excluding tert-OH is 1. The fourth-order valence-electron chi connectivity index (χ4n) is 0.806. The molecule has 1 aliphatic carbocycles. The molecule has 0 aromatic carbocycles. The maximum atomic E-state index is 10.3. The Labute approximate surface area is 91.5 Å². The Morgan fingerprint density at radius 1 is 1.50 bits per heavy atom. The first-order valence-corrected chi connectivity index (χ1v) is 3.05. The topological polar surface area (TPSA) is 80.6 Å². The minimum atomic E-state index is -2.27. The van der Waals surface area contributed by atoms with Gasteiger partial charge in [0.2, 0.25) is 0 Å². The van der Waals surface area contributed by atoms with E-state index in [0.29, 0.717) is 0 Å². The molecule has 12 heavy (non-hydrogen) atoms. The van der Waals surface area contributed by atoms with Crippen LogP contribution in [-0.4, -0.2) is 27.9 Å². The molecule has 0 saturated heterocycles. The van der Waals surface area contributed by atoms with E-state index in [1.54, 1.807) is 0 Å². The zero-order valence-electron chi connectivity index (χ0n) is 6.60. The monoisotopic (exact) mass is 178 g/mol. The van der Waals surface area contributed by atoms with Crippen LogP contribution >= 0.6 is 0 Å². The van der Waals surface area contributed by atoms with Gasteiger partial charge in [0.1, 0.15) is 6.10 Å². The number of carboxylic acid groups (broad SMARTS) is 1. The van der Waals surface area contributed by atoms with E-state index in [1.807, 2.05) is 0 Å². The van der Waals surface area contributed by atoms with Crippen LogP contribution in [0.3, 0.4) is 0 Å². The van der Waals surface area contributed by atoms with Crippen molar-refractivity contribution in [1.82, 2.24) is 0 Å². The van der Waals surface area contributed by atoms with Gasteiger partial charge in [-0.2, -0.15) is 0 Å². The number of allylic oxidation sites excluding steroid dienone is 2. The van der Waals surface area contributed by atoms with Crippen molar-refractivity contribution in [2.45, 2.75) is 11.7 Å². The van der Waals surface area contributed by atoms with Gasteiger partial charge >= 0.3 is 29.6 Å².